The molecule has 0 spiro atoms. The lowest BCUT2D eigenvalue weighted by Gasteiger charge is -2.23. The van der Waals surface area contributed by atoms with Crippen LogP contribution in [0, 0.1) is 6.92 Å². The van der Waals surface area contributed by atoms with Crippen molar-refractivity contribution in [3.8, 4) is 0 Å². The van der Waals surface area contributed by atoms with Gasteiger partial charge in [-0.05, 0) is 74.5 Å². The monoisotopic (exact) mass is 604 g/mol. The fourth-order valence-corrected chi connectivity index (χ4v) is 5.51. The number of amides is 2. The van der Waals surface area contributed by atoms with Gasteiger partial charge in [0, 0.05) is 30.3 Å². The molecule has 2 N–H and O–H groups in total. The molecule has 1 aliphatic heterocycles. The summed E-state index contributed by atoms with van der Waals surface area (Å²) < 4.78 is 44.8. The van der Waals surface area contributed by atoms with Gasteiger partial charge in [-0.15, -0.1) is 0 Å². The van der Waals surface area contributed by atoms with Crippen LogP contribution < -0.4 is 10.6 Å². The number of oxazole rings is 1. The number of carbonyl (C=O) groups excluding carboxylic acids is 2. The predicted molar refractivity (Wildman–Crippen MR) is 160 cm³/mol. The summed E-state index contributed by atoms with van der Waals surface area (Å²) in [6.45, 7) is 3.16. The van der Waals surface area contributed by atoms with Gasteiger partial charge in [0.05, 0.1) is 11.3 Å². The number of alkyl halides is 3. The third kappa shape index (κ3) is 7.93. The SMILES string of the molecule is Cc1coc([C@H]2CCCN2C(=O)c2cccc(C(=O)N[C@H](CCNCc3cccc(C(F)(F)F)c3)Cc3ccccc3)c2)n1. The summed E-state index contributed by atoms with van der Waals surface area (Å²) >= 11 is 0. The van der Waals surface area contributed by atoms with Gasteiger partial charge in [-0.3, -0.25) is 9.59 Å². The predicted octanol–water partition coefficient (Wildman–Crippen LogP) is 6.50. The number of hydrogen-bond acceptors (Lipinski definition) is 5. The van der Waals surface area contributed by atoms with Crippen molar-refractivity contribution in [1.82, 2.24) is 20.5 Å². The van der Waals surface area contributed by atoms with Gasteiger partial charge < -0.3 is 20.0 Å². The molecule has 1 aliphatic rings. The number of aromatic nitrogens is 1. The summed E-state index contributed by atoms with van der Waals surface area (Å²) in [5.74, 6) is 0.0325. The first kappa shape index (κ1) is 31.0. The Labute approximate surface area is 254 Å². The second kappa shape index (κ2) is 13.9. The van der Waals surface area contributed by atoms with E-state index in [1.54, 1.807) is 41.5 Å². The third-order valence-corrected chi connectivity index (χ3v) is 7.72. The van der Waals surface area contributed by atoms with E-state index in [1.165, 1.54) is 6.07 Å². The molecule has 10 heteroatoms. The van der Waals surface area contributed by atoms with Crippen LogP contribution in [0.2, 0.25) is 0 Å². The second-order valence-corrected chi connectivity index (χ2v) is 11.1. The number of hydrogen-bond donors (Lipinski definition) is 2. The number of carbonyl (C=O) groups is 2. The molecule has 0 aliphatic carbocycles. The number of nitrogens with one attached hydrogen (secondary N) is 2. The Morgan fingerprint density at radius 1 is 1.00 bits per heavy atom. The van der Waals surface area contributed by atoms with Gasteiger partial charge in [-0.1, -0.05) is 54.6 Å². The van der Waals surface area contributed by atoms with Crippen LogP contribution in [0.3, 0.4) is 0 Å². The molecule has 5 rings (SSSR count). The lowest BCUT2D eigenvalue weighted by Crippen LogP contribution is -2.38. The van der Waals surface area contributed by atoms with Gasteiger partial charge in [0.2, 0.25) is 5.89 Å². The second-order valence-electron chi connectivity index (χ2n) is 11.1. The third-order valence-electron chi connectivity index (χ3n) is 7.72. The van der Waals surface area contributed by atoms with Gasteiger partial charge >= 0.3 is 6.18 Å². The topological polar surface area (TPSA) is 87.5 Å². The van der Waals surface area contributed by atoms with Crippen LogP contribution in [0.5, 0.6) is 0 Å². The maximum atomic E-state index is 13.5. The van der Waals surface area contributed by atoms with Gasteiger partial charge in [0.25, 0.3) is 11.8 Å². The Morgan fingerprint density at radius 2 is 1.75 bits per heavy atom. The lowest BCUT2D eigenvalue weighted by molar-refractivity contribution is -0.137. The molecule has 2 atom stereocenters. The number of likely N-dealkylation sites (tertiary alicyclic amines) is 1. The highest BCUT2D eigenvalue weighted by Crippen LogP contribution is 2.33. The van der Waals surface area contributed by atoms with Crippen LogP contribution in [-0.4, -0.2) is 40.8 Å². The van der Waals surface area contributed by atoms with Gasteiger partial charge in [0.15, 0.2) is 0 Å². The zero-order valence-corrected chi connectivity index (χ0v) is 24.4. The normalized spacial score (nSPS) is 15.7. The average Bonchev–Trinajstić information content (AvgIpc) is 3.68. The molecule has 0 saturated carbocycles. The van der Waals surface area contributed by atoms with E-state index >= 15 is 0 Å². The van der Waals surface area contributed by atoms with E-state index in [1.807, 2.05) is 37.3 Å². The number of nitrogens with zero attached hydrogens (tertiary/aromatic N) is 2. The minimum absolute atomic E-state index is 0.183. The van der Waals surface area contributed by atoms with Crippen molar-refractivity contribution in [2.24, 2.45) is 0 Å². The summed E-state index contributed by atoms with van der Waals surface area (Å²) in [6, 6.07) is 21.2. The molecule has 4 aromatic rings. The molecule has 2 heterocycles. The average molecular weight is 605 g/mol. The highest BCUT2D eigenvalue weighted by Gasteiger charge is 2.34. The van der Waals surface area contributed by atoms with E-state index in [0.717, 1.165) is 36.2 Å². The number of aryl methyl sites for hydroxylation is 1. The highest BCUT2D eigenvalue weighted by molar-refractivity contribution is 6.00. The Balaban J connectivity index is 1.23. The molecule has 230 valence electrons. The van der Waals surface area contributed by atoms with Crippen molar-refractivity contribution in [1.29, 1.82) is 0 Å². The fraction of sp³-hybridized carbons (Fsp3) is 0.324. The summed E-state index contributed by atoms with van der Waals surface area (Å²) in [6.07, 6.45) is -0.108. The molecular weight excluding hydrogens is 569 g/mol. The molecule has 0 radical (unpaired) electrons. The van der Waals surface area contributed by atoms with E-state index in [4.69, 9.17) is 4.42 Å². The quantitative estimate of drug-likeness (QED) is 0.191. The standard InChI is InChI=1S/C34H35F3N4O3/c1-23-22-44-32(39-23)30-14-7-17-41(30)33(43)27-12-6-11-26(20-27)31(42)40-29(19-24-8-3-2-4-9-24)15-16-38-21-25-10-5-13-28(18-25)34(35,36)37/h2-6,8-13,18,20,22,29-30,38H,7,14-17,19,21H2,1H3,(H,40,42)/t29-,30-/m1/s1. The molecule has 44 heavy (non-hydrogen) atoms. The van der Waals surface area contributed by atoms with Crippen molar-refractivity contribution in [3.05, 3.63) is 125 Å². The maximum Gasteiger partial charge on any atom is 0.416 e. The van der Waals surface area contributed by atoms with Crippen molar-refractivity contribution >= 4 is 11.8 Å². The zero-order chi connectivity index (χ0) is 31.1. The van der Waals surface area contributed by atoms with Crippen LogP contribution in [0.25, 0.3) is 0 Å². The summed E-state index contributed by atoms with van der Waals surface area (Å²) in [4.78, 5) is 33.1. The first-order valence-electron chi connectivity index (χ1n) is 14.7. The lowest BCUT2D eigenvalue weighted by atomic mass is 10.0. The van der Waals surface area contributed by atoms with Crippen LogP contribution in [0.15, 0.2) is 89.5 Å². The van der Waals surface area contributed by atoms with Crippen LogP contribution in [0.1, 0.15) is 74.3 Å². The van der Waals surface area contributed by atoms with Crippen molar-refractivity contribution in [2.45, 2.75) is 57.4 Å². The number of rotatable bonds is 11. The number of halogens is 3. The zero-order valence-electron chi connectivity index (χ0n) is 24.4. The van der Waals surface area contributed by atoms with E-state index < -0.39 is 11.7 Å². The molecular formula is C34H35F3N4O3. The molecule has 1 saturated heterocycles. The Bertz CT molecular complexity index is 1570. The van der Waals surface area contributed by atoms with Crippen LogP contribution in [0.4, 0.5) is 13.2 Å². The fourth-order valence-electron chi connectivity index (χ4n) is 5.51. The minimum atomic E-state index is -4.39. The molecule has 7 nitrogen and oxygen atoms in total. The molecule has 0 unspecified atom stereocenters. The maximum absolute atomic E-state index is 13.5. The van der Waals surface area contributed by atoms with E-state index in [-0.39, 0.29) is 30.4 Å². The van der Waals surface area contributed by atoms with Gasteiger partial charge in [-0.2, -0.15) is 13.2 Å². The number of benzene rings is 3. The molecule has 1 fully saturated rings. The molecule has 1 aromatic heterocycles. The van der Waals surface area contributed by atoms with Crippen molar-refractivity contribution < 1.29 is 27.2 Å². The van der Waals surface area contributed by atoms with Crippen molar-refractivity contribution in [3.63, 3.8) is 0 Å². The van der Waals surface area contributed by atoms with E-state index in [0.29, 0.717) is 48.5 Å². The van der Waals surface area contributed by atoms with Crippen LogP contribution in [-0.2, 0) is 19.1 Å². The molecule has 3 aromatic carbocycles. The van der Waals surface area contributed by atoms with E-state index in [9.17, 15) is 22.8 Å². The van der Waals surface area contributed by atoms with Crippen molar-refractivity contribution in [2.75, 3.05) is 13.1 Å². The molecule has 0 bridgehead atoms. The van der Waals surface area contributed by atoms with Gasteiger partial charge in [-0.25, -0.2) is 4.98 Å². The van der Waals surface area contributed by atoms with Gasteiger partial charge in [0.1, 0.15) is 12.3 Å². The highest BCUT2D eigenvalue weighted by atomic mass is 19.4. The Hall–Kier alpha value is -4.44. The Morgan fingerprint density at radius 3 is 2.50 bits per heavy atom. The minimum Gasteiger partial charge on any atom is -0.446 e. The molecule has 2 amide bonds. The smallest absolute Gasteiger partial charge is 0.416 e. The summed E-state index contributed by atoms with van der Waals surface area (Å²) in [7, 11) is 0. The van der Waals surface area contributed by atoms with E-state index in [2.05, 4.69) is 15.6 Å². The Kier molecular flexibility index (Phi) is 9.79. The van der Waals surface area contributed by atoms with Crippen LogP contribution >= 0.6 is 0 Å². The summed E-state index contributed by atoms with van der Waals surface area (Å²) in [5.41, 5.74) is 2.43. The first-order chi connectivity index (χ1) is 21.2. The summed E-state index contributed by atoms with van der Waals surface area (Å²) in [5, 5.41) is 6.31. The largest absolute Gasteiger partial charge is 0.446 e. The first-order valence-corrected chi connectivity index (χ1v) is 14.7.